The van der Waals surface area contributed by atoms with Crippen LogP contribution in [0.2, 0.25) is 0 Å². The molecule has 0 atom stereocenters. The third kappa shape index (κ3) is 4.37. The number of hydrogen-bond acceptors (Lipinski definition) is 3. The summed E-state index contributed by atoms with van der Waals surface area (Å²) in [6, 6.07) is 5.73. The number of nitrogens with zero attached hydrogens (tertiary/aromatic N) is 1. The zero-order valence-corrected chi connectivity index (χ0v) is 10.2. The van der Waals surface area contributed by atoms with Gasteiger partial charge in [0.15, 0.2) is 0 Å². The molecule has 1 aromatic carbocycles. The number of carbonyl (C=O) groups is 2. The van der Waals surface area contributed by atoms with Gasteiger partial charge in [-0.2, -0.15) is 0 Å². The molecule has 0 spiro atoms. The number of hydrogen-bond donors (Lipinski definition) is 0. The maximum absolute atomic E-state index is 12.6. The van der Waals surface area contributed by atoms with Gasteiger partial charge >= 0.3 is 5.97 Å². The lowest BCUT2D eigenvalue weighted by Crippen LogP contribution is -2.31. The van der Waals surface area contributed by atoms with Gasteiger partial charge in [0.05, 0.1) is 7.11 Å². The Bertz CT molecular complexity index is 454. The van der Waals surface area contributed by atoms with Crippen molar-refractivity contribution in [2.75, 3.05) is 20.7 Å². The Kier molecular flexibility index (Phi) is 5.05. The number of likely N-dealkylation sites (N-methyl/N-ethyl adjacent to an activating group) is 1. The molecule has 0 unspecified atom stereocenters. The summed E-state index contributed by atoms with van der Waals surface area (Å²) in [4.78, 5) is 23.8. The van der Waals surface area contributed by atoms with Crippen LogP contribution in [0.15, 0.2) is 30.3 Å². The van der Waals surface area contributed by atoms with Crippen LogP contribution in [0.25, 0.3) is 6.08 Å². The molecular weight excluding hydrogens is 237 g/mol. The van der Waals surface area contributed by atoms with Gasteiger partial charge in [-0.15, -0.1) is 0 Å². The lowest BCUT2D eigenvalue weighted by atomic mass is 10.2. The summed E-state index contributed by atoms with van der Waals surface area (Å²) in [5, 5.41) is 0. The highest BCUT2D eigenvalue weighted by Crippen LogP contribution is 2.04. The van der Waals surface area contributed by atoms with Crippen molar-refractivity contribution in [1.29, 1.82) is 0 Å². The maximum Gasteiger partial charge on any atom is 0.325 e. The summed E-state index contributed by atoms with van der Waals surface area (Å²) in [7, 11) is 2.75. The molecule has 18 heavy (non-hydrogen) atoms. The topological polar surface area (TPSA) is 46.6 Å². The molecule has 0 bridgehead atoms. The number of rotatable bonds is 4. The number of esters is 1. The van der Waals surface area contributed by atoms with E-state index in [-0.39, 0.29) is 18.3 Å². The van der Waals surface area contributed by atoms with Gasteiger partial charge in [0, 0.05) is 13.1 Å². The van der Waals surface area contributed by atoms with E-state index in [0.29, 0.717) is 5.56 Å². The van der Waals surface area contributed by atoms with Crippen LogP contribution in [-0.4, -0.2) is 37.5 Å². The molecule has 0 aliphatic rings. The standard InChI is InChI=1S/C13H14FNO3/c1-15(9-13(17)18-2)12(16)8-5-10-3-6-11(14)7-4-10/h3-8H,9H2,1-2H3/b8-5+. The van der Waals surface area contributed by atoms with Gasteiger partial charge in [-0.3, -0.25) is 9.59 Å². The van der Waals surface area contributed by atoms with Crippen LogP contribution in [0.5, 0.6) is 0 Å². The Balaban J connectivity index is 2.58. The fraction of sp³-hybridized carbons (Fsp3) is 0.231. The molecule has 5 heteroatoms. The number of methoxy groups -OCH3 is 1. The highest BCUT2D eigenvalue weighted by molar-refractivity contribution is 5.93. The molecule has 0 aliphatic carbocycles. The first-order valence-electron chi connectivity index (χ1n) is 5.28. The third-order valence-corrected chi connectivity index (χ3v) is 2.26. The minimum atomic E-state index is -0.485. The lowest BCUT2D eigenvalue weighted by molar-refractivity contribution is -0.144. The van der Waals surface area contributed by atoms with Crippen molar-refractivity contribution in [2.24, 2.45) is 0 Å². The molecule has 0 saturated heterocycles. The number of halogens is 1. The van der Waals surface area contributed by atoms with Crippen LogP contribution >= 0.6 is 0 Å². The molecule has 0 radical (unpaired) electrons. The Morgan fingerprint density at radius 2 is 1.94 bits per heavy atom. The minimum Gasteiger partial charge on any atom is -0.468 e. The van der Waals surface area contributed by atoms with Crippen molar-refractivity contribution >= 4 is 18.0 Å². The zero-order valence-electron chi connectivity index (χ0n) is 10.2. The molecule has 1 aromatic rings. The van der Waals surface area contributed by atoms with Crippen LogP contribution in [-0.2, 0) is 14.3 Å². The SMILES string of the molecule is COC(=O)CN(C)C(=O)/C=C/c1ccc(F)cc1. The van der Waals surface area contributed by atoms with E-state index >= 15 is 0 Å². The van der Waals surface area contributed by atoms with Crippen LogP contribution in [0, 0.1) is 5.82 Å². The quantitative estimate of drug-likeness (QED) is 0.601. The highest BCUT2D eigenvalue weighted by atomic mass is 19.1. The predicted molar refractivity (Wildman–Crippen MR) is 65.1 cm³/mol. The second-order valence-corrected chi connectivity index (χ2v) is 3.66. The van der Waals surface area contributed by atoms with Crippen molar-refractivity contribution in [1.82, 2.24) is 4.90 Å². The van der Waals surface area contributed by atoms with Gasteiger partial charge < -0.3 is 9.64 Å². The average molecular weight is 251 g/mol. The summed E-state index contributed by atoms with van der Waals surface area (Å²) in [6.07, 6.45) is 2.87. The molecule has 96 valence electrons. The molecular formula is C13H14FNO3. The first-order valence-corrected chi connectivity index (χ1v) is 5.28. The Labute approximate surface area is 105 Å². The van der Waals surface area contributed by atoms with E-state index in [0.717, 1.165) is 0 Å². The van der Waals surface area contributed by atoms with E-state index in [9.17, 15) is 14.0 Å². The van der Waals surface area contributed by atoms with Crippen molar-refractivity contribution in [3.8, 4) is 0 Å². The largest absolute Gasteiger partial charge is 0.468 e. The van der Waals surface area contributed by atoms with Crippen molar-refractivity contribution in [2.45, 2.75) is 0 Å². The van der Waals surface area contributed by atoms with E-state index in [1.54, 1.807) is 18.2 Å². The third-order valence-electron chi connectivity index (χ3n) is 2.26. The molecule has 0 fully saturated rings. The number of benzene rings is 1. The van der Waals surface area contributed by atoms with Crippen molar-refractivity contribution < 1.29 is 18.7 Å². The van der Waals surface area contributed by atoms with E-state index in [4.69, 9.17) is 0 Å². The first-order chi connectivity index (χ1) is 8.52. The van der Waals surface area contributed by atoms with Gasteiger partial charge in [0.1, 0.15) is 12.4 Å². The predicted octanol–water partition coefficient (Wildman–Crippen LogP) is 1.47. The molecule has 0 N–H and O–H groups in total. The summed E-state index contributed by atoms with van der Waals surface area (Å²) in [5.41, 5.74) is 0.705. The molecule has 1 rings (SSSR count). The molecule has 0 aliphatic heterocycles. The second-order valence-electron chi connectivity index (χ2n) is 3.66. The molecule has 0 heterocycles. The maximum atomic E-state index is 12.6. The number of ether oxygens (including phenoxy) is 1. The summed E-state index contributed by atoms with van der Waals surface area (Å²) >= 11 is 0. The lowest BCUT2D eigenvalue weighted by Gasteiger charge is -2.12. The van der Waals surface area contributed by atoms with E-state index in [1.807, 2.05) is 0 Å². The normalized spacial score (nSPS) is 10.4. The van der Waals surface area contributed by atoms with E-state index in [1.165, 1.54) is 37.3 Å². The minimum absolute atomic E-state index is 0.108. The molecule has 0 aromatic heterocycles. The fourth-order valence-electron chi connectivity index (χ4n) is 1.20. The van der Waals surface area contributed by atoms with Crippen LogP contribution < -0.4 is 0 Å². The average Bonchev–Trinajstić information content (AvgIpc) is 2.37. The number of carbonyl (C=O) groups excluding carboxylic acids is 2. The van der Waals surface area contributed by atoms with Crippen LogP contribution in [0.4, 0.5) is 4.39 Å². The highest BCUT2D eigenvalue weighted by Gasteiger charge is 2.09. The smallest absolute Gasteiger partial charge is 0.325 e. The molecule has 0 saturated carbocycles. The second kappa shape index (κ2) is 6.54. The van der Waals surface area contributed by atoms with Crippen molar-refractivity contribution in [3.05, 3.63) is 41.7 Å². The molecule has 1 amide bonds. The van der Waals surface area contributed by atoms with Gasteiger partial charge in [-0.1, -0.05) is 12.1 Å². The Hall–Kier alpha value is -2.17. The summed E-state index contributed by atoms with van der Waals surface area (Å²) in [5.74, 6) is -1.15. The Morgan fingerprint density at radius 1 is 1.33 bits per heavy atom. The van der Waals surface area contributed by atoms with Gasteiger partial charge in [0.2, 0.25) is 5.91 Å². The van der Waals surface area contributed by atoms with Gasteiger partial charge in [0.25, 0.3) is 0 Å². The summed E-state index contributed by atoms with van der Waals surface area (Å²) < 4.78 is 17.1. The monoisotopic (exact) mass is 251 g/mol. The van der Waals surface area contributed by atoms with E-state index < -0.39 is 5.97 Å². The van der Waals surface area contributed by atoms with Crippen LogP contribution in [0.3, 0.4) is 0 Å². The van der Waals surface area contributed by atoms with Gasteiger partial charge in [-0.25, -0.2) is 4.39 Å². The van der Waals surface area contributed by atoms with E-state index in [2.05, 4.69) is 4.74 Å². The summed E-state index contributed by atoms with van der Waals surface area (Å²) in [6.45, 7) is -0.108. The first kappa shape index (κ1) is 13.9. The fourth-order valence-corrected chi connectivity index (χ4v) is 1.20. The van der Waals surface area contributed by atoms with Gasteiger partial charge in [-0.05, 0) is 23.8 Å². The van der Waals surface area contributed by atoms with Crippen molar-refractivity contribution in [3.63, 3.8) is 0 Å². The van der Waals surface area contributed by atoms with Crippen LogP contribution in [0.1, 0.15) is 5.56 Å². The Morgan fingerprint density at radius 3 is 2.50 bits per heavy atom. The number of amides is 1. The molecule has 4 nitrogen and oxygen atoms in total. The zero-order chi connectivity index (χ0) is 13.5.